The Morgan fingerprint density at radius 1 is 0.707 bits per heavy atom. The van der Waals surface area contributed by atoms with Gasteiger partial charge in [-0.25, -0.2) is 4.68 Å². The highest BCUT2D eigenvalue weighted by Crippen LogP contribution is 2.54. The summed E-state index contributed by atoms with van der Waals surface area (Å²) in [5, 5.41) is 5.41. The molecule has 0 N–H and O–H groups in total. The van der Waals surface area contributed by atoms with Gasteiger partial charge in [-0.15, -0.1) is 0 Å². The van der Waals surface area contributed by atoms with E-state index >= 15 is 0 Å². The largest absolute Gasteiger partial charge is 0.497 e. The molecule has 0 bridgehead atoms. The van der Waals surface area contributed by atoms with Gasteiger partial charge < -0.3 is 9.64 Å². The van der Waals surface area contributed by atoms with Crippen LogP contribution < -0.4 is 9.64 Å². The second-order valence-corrected chi connectivity index (χ2v) is 12.4. The minimum absolute atomic E-state index is 0.0585. The van der Waals surface area contributed by atoms with Crippen molar-refractivity contribution in [1.82, 2.24) is 9.78 Å². The maximum Gasteiger partial charge on any atom is 0.145 e. The lowest BCUT2D eigenvalue weighted by atomic mass is 9.79. The molecular formula is C37H39N3O. The summed E-state index contributed by atoms with van der Waals surface area (Å²) in [5.74, 6) is 1.95. The van der Waals surface area contributed by atoms with Crippen LogP contribution in [0.3, 0.4) is 0 Å². The van der Waals surface area contributed by atoms with Crippen LogP contribution in [0.4, 0.5) is 11.5 Å². The van der Waals surface area contributed by atoms with Gasteiger partial charge in [-0.05, 0) is 103 Å². The molecule has 41 heavy (non-hydrogen) atoms. The molecule has 0 amide bonds. The summed E-state index contributed by atoms with van der Waals surface area (Å²) in [6, 6.07) is 30.6. The number of ether oxygens (including phenoxy) is 1. The van der Waals surface area contributed by atoms with E-state index in [1.165, 1.54) is 44.5 Å². The molecule has 0 radical (unpaired) electrons. The highest BCUT2D eigenvalue weighted by atomic mass is 16.5. The Bertz CT molecular complexity index is 1740. The van der Waals surface area contributed by atoms with E-state index in [4.69, 9.17) is 9.84 Å². The van der Waals surface area contributed by atoms with Crippen molar-refractivity contribution in [3.8, 4) is 22.6 Å². The van der Waals surface area contributed by atoms with Crippen molar-refractivity contribution >= 4 is 11.5 Å². The van der Waals surface area contributed by atoms with E-state index in [1.54, 1.807) is 7.11 Å². The third-order valence-electron chi connectivity index (χ3n) is 8.49. The molecule has 1 aliphatic rings. The van der Waals surface area contributed by atoms with Gasteiger partial charge in [0, 0.05) is 16.7 Å². The zero-order chi connectivity index (χ0) is 29.1. The highest BCUT2D eigenvalue weighted by molar-refractivity contribution is 5.91. The molecule has 4 heteroatoms. The van der Waals surface area contributed by atoms with Crippen molar-refractivity contribution in [1.29, 1.82) is 0 Å². The number of benzene rings is 4. The Kier molecular flexibility index (Phi) is 6.53. The van der Waals surface area contributed by atoms with E-state index in [2.05, 4.69) is 143 Å². The predicted molar refractivity (Wildman–Crippen MR) is 170 cm³/mol. The number of hydrogen-bond acceptors (Lipinski definition) is 3. The fourth-order valence-electron chi connectivity index (χ4n) is 5.96. The first-order valence-corrected chi connectivity index (χ1v) is 14.4. The van der Waals surface area contributed by atoms with Crippen LogP contribution in [0.2, 0.25) is 0 Å². The van der Waals surface area contributed by atoms with Crippen LogP contribution in [0.1, 0.15) is 65.9 Å². The lowest BCUT2D eigenvalue weighted by Gasteiger charge is -2.40. The molecule has 0 saturated heterocycles. The summed E-state index contributed by atoms with van der Waals surface area (Å²) in [6.07, 6.45) is 0. The lowest BCUT2D eigenvalue weighted by Crippen LogP contribution is -2.31. The van der Waals surface area contributed by atoms with E-state index in [9.17, 15) is 0 Å². The van der Waals surface area contributed by atoms with E-state index in [1.807, 2.05) is 0 Å². The maximum atomic E-state index is 5.55. The Morgan fingerprint density at radius 3 is 2.00 bits per heavy atom. The number of nitrogens with zero attached hydrogens (tertiary/aromatic N) is 3. The third kappa shape index (κ3) is 4.52. The summed E-state index contributed by atoms with van der Waals surface area (Å²) < 4.78 is 7.71. The van der Waals surface area contributed by atoms with Crippen LogP contribution in [0, 0.1) is 27.7 Å². The average molecular weight is 542 g/mol. The Hall–Kier alpha value is -4.31. The average Bonchev–Trinajstić information content (AvgIpc) is 3.37. The van der Waals surface area contributed by atoms with E-state index in [-0.39, 0.29) is 11.5 Å². The number of fused-ring (bicyclic) bond motifs is 3. The van der Waals surface area contributed by atoms with Gasteiger partial charge in [0.25, 0.3) is 0 Å². The van der Waals surface area contributed by atoms with Crippen molar-refractivity contribution in [2.75, 3.05) is 12.0 Å². The monoisotopic (exact) mass is 541 g/mol. The Morgan fingerprint density at radius 2 is 1.37 bits per heavy atom. The number of rotatable bonds is 4. The smallest absolute Gasteiger partial charge is 0.145 e. The molecule has 208 valence electrons. The molecule has 4 aromatic carbocycles. The number of anilines is 2. The van der Waals surface area contributed by atoms with Gasteiger partial charge in [0.2, 0.25) is 0 Å². The van der Waals surface area contributed by atoms with Crippen molar-refractivity contribution in [2.24, 2.45) is 0 Å². The van der Waals surface area contributed by atoms with E-state index in [0.29, 0.717) is 0 Å². The topological polar surface area (TPSA) is 30.3 Å². The van der Waals surface area contributed by atoms with Gasteiger partial charge in [-0.1, -0.05) is 69.3 Å². The number of hydrogen-bond donors (Lipinski definition) is 0. The summed E-state index contributed by atoms with van der Waals surface area (Å²) >= 11 is 0. The summed E-state index contributed by atoms with van der Waals surface area (Å²) in [7, 11) is 1.72. The molecular weight excluding hydrogens is 502 g/mol. The SMILES string of the molecule is COc1ccc(C2c3cc(C)c(C)cc3-c3c(C(C)(C)C)nn(-c4ccccc4)c3N2c2ccc(C)c(C)c2)cc1. The summed E-state index contributed by atoms with van der Waals surface area (Å²) in [6.45, 7) is 15.6. The molecule has 0 fully saturated rings. The van der Waals surface area contributed by atoms with E-state index < -0.39 is 0 Å². The summed E-state index contributed by atoms with van der Waals surface area (Å²) in [4.78, 5) is 2.51. The van der Waals surface area contributed by atoms with Gasteiger partial charge in [0.05, 0.1) is 24.5 Å². The number of methoxy groups -OCH3 is 1. The standard InChI is InChI=1S/C37H39N3O/c1-23-14-17-29(20-24(23)2)39-34(27-15-18-30(41-8)19-16-27)32-22-26(4)25(3)21-31(32)33-35(37(5,6)7)38-40(36(33)39)28-12-10-9-11-13-28/h9-22,34H,1-8H3. The molecule has 5 aromatic rings. The number of aryl methyl sites for hydroxylation is 4. The molecule has 6 rings (SSSR count). The van der Waals surface area contributed by atoms with Gasteiger partial charge in [0.15, 0.2) is 0 Å². The van der Waals surface area contributed by atoms with Crippen LogP contribution in [0.15, 0.2) is 84.9 Å². The maximum absolute atomic E-state index is 5.55. The van der Waals surface area contributed by atoms with Crippen LogP contribution in [-0.4, -0.2) is 16.9 Å². The zero-order valence-electron chi connectivity index (χ0n) is 25.4. The molecule has 0 aliphatic carbocycles. The number of aromatic nitrogens is 2. The quantitative estimate of drug-likeness (QED) is 0.227. The first-order valence-electron chi connectivity index (χ1n) is 14.4. The minimum Gasteiger partial charge on any atom is -0.497 e. The molecule has 1 unspecified atom stereocenters. The van der Waals surface area contributed by atoms with Gasteiger partial charge >= 0.3 is 0 Å². The minimum atomic E-state index is -0.165. The summed E-state index contributed by atoms with van der Waals surface area (Å²) in [5.41, 5.74) is 13.2. The first kappa shape index (κ1) is 26.9. The lowest BCUT2D eigenvalue weighted by molar-refractivity contribution is 0.414. The second kappa shape index (κ2) is 9.95. The van der Waals surface area contributed by atoms with Crippen molar-refractivity contribution in [3.05, 3.63) is 124 Å². The molecule has 1 aliphatic heterocycles. The molecule has 2 heterocycles. The predicted octanol–water partition coefficient (Wildman–Crippen LogP) is 9.32. The normalized spacial score (nSPS) is 14.5. The van der Waals surface area contributed by atoms with Gasteiger partial charge in [0.1, 0.15) is 11.6 Å². The van der Waals surface area contributed by atoms with Crippen molar-refractivity contribution in [3.63, 3.8) is 0 Å². The van der Waals surface area contributed by atoms with Gasteiger partial charge in [-0.3, -0.25) is 0 Å². The fourth-order valence-corrected chi connectivity index (χ4v) is 5.96. The van der Waals surface area contributed by atoms with Crippen LogP contribution >= 0.6 is 0 Å². The third-order valence-corrected chi connectivity index (χ3v) is 8.49. The van der Waals surface area contributed by atoms with Crippen LogP contribution in [0.5, 0.6) is 5.75 Å². The molecule has 0 spiro atoms. The van der Waals surface area contributed by atoms with Crippen molar-refractivity contribution < 1.29 is 4.74 Å². The highest BCUT2D eigenvalue weighted by Gasteiger charge is 2.41. The first-order chi connectivity index (χ1) is 19.6. The number of para-hydroxylation sites is 1. The molecule has 0 saturated carbocycles. The fraction of sp³-hybridized carbons (Fsp3) is 0.270. The van der Waals surface area contributed by atoms with E-state index in [0.717, 1.165) is 28.6 Å². The van der Waals surface area contributed by atoms with Gasteiger partial charge in [-0.2, -0.15) is 5.10 Å². The molecule has 1 aromatic heterocycles. The van der Waals surface area contributed by atoms with Crippen molar-refractivity contribution in [2.45, 2.75) is 59.9 Å². The molecule has 1 atom stereocenters. The Labute approximate surface area is 244 Å². The van der Waals surface area contributed by atoms with Crippen LogP contribution in [-0.2, 0) is 5.41 Å². The Balaban J connectivity index is 1.78. The second-order valence-electron chi connectivity index (χ2n) is 12.4. The molecule has 4 nitrogen and oxygen atoms in total. The zero-order valence-corrected chi connectivity index (χ0v) is 25.4. The van der Waals surface area contributed by atoms with Crippen LogP contribution in [0.25, 0.3) is 16.8 Å².